The molecule has 0 radical (unpaired) electrons. The van der Waals surface area contributed by atoms with Crippen LogP contribution in [0.25, 0.3) is 0 Å². The molecule has 96 valence electrons. The molecule has 0 aliphatic heterocycles. The van der Waals surface area contributed by atoms with Crippen molar-refractivity contribution in [1.29, 1.82) is 0 Å². The van der Waals surface area contributed by atoms with Crippen molar-refractivity contribution >= 4 is 11.6 Å². The Morgan fingerprint density at radius 2 is 2.12 bits per heavy atom. The van der Waals surface area contributed by atoms with E-state index >= 15 is 0 Å². The second kappa shape index (κ2) is 7.49. The molecule has 3 nitrogen and oxygen atoms in total. The van der Waals surface area contributed by atoms with Gasteiger partial charge >= 0.3 is 0 Å². The SMILES string of the molecule is CCCCC(CC)COc1ncnc(Cl)c1C. The second-order valence-electron chi connectivity index (χ2n) is 4.32. The van der Waals surface area contributed by atoms with Crippen LogP contribution in [0.5, 0.6) is 5.88 Å². The summed E-state index contributed by atoms with van der Waals surface area (Å²) in [6.07, 6.45) is 6.28. The van der Waals surface area contributed by atoms with Gasteiger partial charge < -0.3 is 4.74 Å². The molecular formula is C13H21ClN2O. The third kappa shape index (κ3) is 4.50. The quantitative estimate of drug-likeness (QED) is 0.691. The monoisotopic (exact) mass is 256 g/mol. The van der Waals surface area contributed by atoms with Gasteiger partial charge in [0.05, 0.1) is 6.61 Å². The summed E-state index contributed by atoms with van der Waals surface area (Å²) in [4.78, 5) is 8.02. The first-order chi connectivity index (χ1) is 8.19. The highest BCUT2D eigenvalue weighted by Crippen LogP contribution is 2.21. The van der Waals surface area contributed by atoms with E-state index in [0.29, 0.717) is 23.6 Å². The molecule has 0 saturated carbocycles. The summed E-state index contributed by atoms with van der Waals surface area (Å²) in [5.74, 6) is 1.21. The molecule has 1 unspecified atom stereocenters. The predicted molar refractivity (Wildman–Crippen MR) is 70.6 cm³/mol. The van der Waals surface area contributed by atoms with E-state index < -0.39 is 0 Å². The van der Waals surface area contributed by atoms with Crippen molar-refractivity contribution in [2.45, 2.75) is 46.5 Å². The first-order valence-electron chi connectivity index (χ1n) is 6.28. The zero-order valence-electron chi connectivity index (χ0n) is 10.9. The van der Waals surface area contributed by atoms with Crippen LogP contribution in [0.1, 0.15) is 45.1 Å². The van der Waals surface area contributed by atoms with E-state index in [-0.39, 0.29) is 0 Å². The van der Waals surface area contributed by atoms with Gasteiger partial charge in [0.15, 0.2) is 0 Å². The summed E-state index contributed by atoms with van der Waals surface area (Å²) in [6, 6.07) is 0. The van der Waals surface area contributed by atoms with Crippen molar-refractivity contribution in [2.75, 3.05) is 6.61 Å². The van der Waals surface area contributed by atoms with E-state index in [2.05, 4.69) is 23.8 Å². The first kappa shape index (κ1) is 14.2. The third-order valence-corrected chi connectivity index (χ3v) is 3.36. The first-order valence-corrected chi connectivity index (χ1v) is 6.66. The summed E-state index contributed by atoms with van der Waals surface area (Å²) in [5, 5.41) is 0.469. The number of unbranched alkanes of at least 4 members (excludes halogenated alkanes) is 1. The van der Waals surface area contributed by atoms with E-state index in [4.69, 9.17) is 16.3 Å². The fourth-order valence-corrected chi connectivity index (χ4v) is 1.78. The summed E-state index contributed by atoms with van der Waals surface area (Å²) >= 11 is 5.92. The molecule has 0 N–H and O–H groups in total. The normalized spacial score (nSPS) is 12.5. The van der Waals surface area contributed by atoms with Gasteiger partial charge in [-0.05, 0) is 19.3 Å². The highest BCUT2D eigenvalue weighted by atomic mass is 35.5. The van der Waals surface area contributed by atoms with Crippen LogP contribution in [0.4, 0.5) is 0 Å². The molecule has 17 heavy (non-hydrogen) atoms. The molecule has 1 rings (SSSR count). The van der Waals surface area contributed by atoms with Gasteiger partial charge in [-0.3, -0.25) is 0 Å². The minimum atomic E-state index is 0.469. The van der Waals surface area contributed by atoms with Gasteiger partial charge in [-0.15, -0.1) is 0 Å². The fourth-order valence-electron chi connectivity index (χ4n) is 1.65. The van der Waals surface area contributed by atoms with Crippen LogP contribution in [0, 0.1) is 12.8 Å². The molecule has 1 heterocycles. The lowest BCUT2D eigenvalue weighted by atomic mass is 10.0. The highest BCUT2D eigenvalue weighted by Gasteiger charge is 2.10. The van der Waals surface area contributed by atoms with Gasteiger partial charge in [0.25, 0.3) is 0 Å². The second-order valence-corrected chi connectivity index (χ2v) is 4.68. The van der Waals surface area contributed by atoms with Crippen LogP contribution < -0.4 is 4.74 Å². The van der Waals surface area contributed by atoms with Crippen LogP contribution in [-0.4, -0.2) is 16.6 Å². The molecule has 0 saturated heterocycles. The number of halogens is 1. The molecule has 0 fully saturated rings. The molecule has 0 bridgehead atoms. The molecule has 0 spiro atoms. The van der Waals surface area contributed by atoms with E-state index in [0.717, 1.165) is 12.0 Å². The lowest BCUT2D eigenvalue weighted by Crippen LogP contribution is -2.12. The molecule has 0 aromatic carbocycles. The number of hydrogen-bond acceptors (Lipinski definition) is 3. The summed E-state index contributed by atoms with van der Waals surface area (Å²) in [7, 11) is 0. The Kier molecular flexibility index (Phi) is 6.27. The number of rotatable bonds is 7. The standard InChI is InChI=1S/C13H21ClN2O/c1-4-6-7-11(5-2)8-17-13-10(3)12(14)15-9-16-13/h9,11H,4-8H2,1-3H3. The Balaban J connectivity index is 2.50. The Bertz CT molecular complexity index is 344. The lowest BCUT2D eigenvalue weighted by molar-refractivity contribution is 0.224. The molecule has 4 heteroatoms. The maximum Gasteiger partial charge on any atom is 0.220 e. The van der Waals surface area contributed by atoms with Crippen LogP contribution in [0.3, 0.4) is 0 Å². The Labute approximate surface area is 109 Å². The number of hydrogen-bond donors (Lipinski definition) is 0. The number of aromatic nitrogens is 2. The van der Waals surface area contributed by atoms with Gasteiger partial charge in [0.2, 0.25) is 5.88 Å². The van der Waals surface area contributed by atoms with Gasteiger partial charge in [-0.25, -0.2) is 9.97 Å². The van der Waals surface area contributed by atoms with E-state index in [9.17, 15) is 0 Å². The smallest absolute Gasteiger partial charge is 0.220 e. The average Bonchev–Trinajstić information content (AvgIpc) is 2.34. The molecule has 0 aliphatic carbocycles. The Hall–Kier alpha value is -0.830. The molecule has 1 atom stereocenters. The van der Waals surface area contributed by atoms with Gasteiger partial charge in [-0.1, -0.05) is 44.7 Å². The average molecular weight is 257 g/mol. The van der Waals surface area contributed by atoms with Gasteiger partial charge in [-0.2, -0.15) is 0 Å². The van der Waals surface area contributed by atoms with Gasteiger partial charge in [0.1, 0.15) is 11.5 Å². The van der Waals surface area contributed by atoms with Crippen LogP contribution >= 0.6 is 11.6 Å². The van der Waals surface area contributed by atoms with Crippen molar-refractivity contribution in [3.63, 3.8) is 0 Å². The van der Waals surface area contributed by atoms with Crippen molar-refractivity contribution in [3.8, 4) is 5.88 Å². The van der Waals surface area contributed by atoms with Crippen molar-refractivity contribution in [1.82, 2.24) is 9.97 Å². The number of ether oxygens (including phenoxy) is 1. The predicted octanol–water partition coefficient (Wildman–Crippen LogP) is 4.03. The zero-order valence-corrected chi connectivity index (χ0v) is 11.6. The van der Waals surface area contributed by atoms with Crippen molar-refractivity contribution in [3.05, 3.63) is 17.0 Å². The topological polar surface area (TPSA) is 35.0 Å². The lowest BCUT2D eigenvalue weighted by Gasteiger charge is -2.15. The molecule has 0 aliphatic rings. The molecule has 0 amide bonds. The Morgan fingerprint density at radius 3 is 2.76 bits per heavy atom. The van der Waals surface area contributed by atoms with Crippen molar-refractivity contribution in [2.24, 2.45) is 5.92 Å². The van der Waals surface area contributed by atoms with Crippen LogP contribution in [0.15, 0.2) is 6.33 Å². The van der Waals surface area contributed by atoms with E-state index in [1.165, 1.54) is 25.6 Å². The largest absolute Gasteiger partial charge is 0.477 e. The maximum absolute atomic E-state index is 5.92. The molecule has 1 aromatic rings. The van der Waals surface area contributed by atoms with Crippen molar-refractivity contribution < 1.29 is 4.74 Å². The fraction of sp³-hybridized carbons (Fsp3) is 0.692. The number of nitrogens with zero attached hydrogens (tertiary/aromatic N) is 2. The van der Waals surface area contributed by atoms with E-state index in [1.807, 2.05) is 6.92 Å². The van der Waals surface area contributed by atoms with Gasteiger partial charge in [0, 0.05) is 5.56 Å². The zero-order chi connectivity index (χ0) is 12.7. The summed E-state index contributed by atoms with van der Waals surface area (Å²) < 4.78 is 5.73. The van der Waals surface area contributed by atoms with Crippen LogP contribution in [0.2, 0.25) is 5.15 Å². The maximum atomic E-state index is 5.92. The summed E-state index contributed by atoms with van der Waals surface area (Å²) in [5.41, 5.74) is 0.819. The van der Waals surface area contributed by atoms with Crippen LogP contribution in [-0.2, 0) is 0 Å². The third-order valence-electron chi connectivity index (χ3n) is 2.98. The Morgan fingerprint density at radius 1 is 1.35 bits per heavy atom. The molecular weight excluding hydrogens is 236 g/mol. The summed E-state index contributed by atoms with van der Waals surface area (Å²) in [6.45, 7) is 7.00. The minimum absolute atomic E-state index is 0.469. The molecule has 1 aromatic heterocycles. The minimum Gasteiger partial charge on any atom is -0.477 e. The van der Waals surface area contributed by atoms with E-state index in [1.54, 1.807) is 0 Å². The highest BCUT2D eigenvalue weighted by molar-refractivity contribution is 6.30.